The zero-order valence-corrected chi connectivity index (χ0v) is 9.68. The van der Waals surface area contributed by atoms with Gasteiger partial charge in [0.1, 0.15) is 16.5 Å². The number of sulfone groups is 1. The minimum Gasteiger partial charge on any atom is -0.393 e. The highest BCUT2D eigenvalue weighted by atomic mass is 32.2. The number of aliphatic hydroxyl groups is 1. The van der Waals surface area contributed by atoms with Gasteiger partial charge in [0.25, 0.3) is 0 Å². The average Bonchev–Trinajstić information content (AvgIpc) is 2.07. The van der Waals surface area contributed by atoms with Crippen LogP contribution in [0.4, 0.5) is 8.78 Å². The summed E-state index contributed by atoms with van der Waals surface area (Å²) in [5.74, 6) is -1.83. The first-order chi connectivity index (χ1) is 7.21. The van der Waals surface area contributed by atoms with Gasteiger partial charge in [0, 0.05) is 12.7 Å². The summed E-state index contributed by atoms with van der Waals surface area (Å²) in [6.45, 7) is 1.41. The lowest BCUT2D eigenvalue weighted by Gasteiger charge is -2.09. The summed E-state index contributed by atoms with van der Waals surface area (Å²) in [6, 6.07) is 1.52. The molecule has 1 atom stereocenters. The van der Waals surface area contributed by atoms with Gasteiger partial charge in [-0.25, -0.2) is 17.2 Å². The third kappa shape index (κ3) is 2.99. The highest BCUT2D eigenvalue weighted by Gasteiger charge is 2.19. The molecule has 90 valence electrons. The van der Waals surface area contributed by atoms with Crippen molar-refractivity contribution in [3.05, 3.63) is 29.3 Å². The van der Waals surface area contributed by atoms with E-state index >= 15 is 0 Å². The number of halogens is 2. The van der Waals surface area contributed by atoms with Crippen LogP contribution in [-0.4, -0.2) is 25.9 Å². The van der Waals surface area contributed by atoms with Crippen LogP contribution in [0.15, 0.2) is 17.0 Å². The summed E-state index contributed by atoms with van der Waals surface area (Å²) < 4.78 is 49.1. The second kappa shape index (κ2) is 4.47. The fourth-order valence-corrected chi connectivity index (χ4v) is 2.14. The second-order valence-corrected chi connectivity index (χ2v) is 5.69. The van der Waals surface area contributed by atoms with E-state index in [-0.39, 0.29) is 12.0 Å². The molecule has 1 rings (SSSR count). The Morgan fingerprint density at radius 1 is 1.38 bits per heavy atom. The maximum Gasteiger partial charge on any atom is 0.178 e. The highest BCUT2D eigenvalue weighted by Crippen LogP contribution is 2.21. The van der Waals surface area contributed by atoms with E-state index in [4.69, 9.17) is 5.11 Å². The van der Waals surface area contributed by atoms with Crippen molar-refractivity contribution in [2.45, 2.75) is 24.3 Å². The van der Waals surface area contributed by atoms with Crippen LogP contribution >= 0.6 is 0 Å². The largest absolute Gasteiger partial charge is 0.393 e. The van der Waals surface area contributed by atoms with E-state index in [2.05, 4.69) is 0 Å². The van der Waals surface area contributed by atoms with Gasteiger partial charge in [0.05, 0.1) is 6.10 Å². The van der Waals surface area contributed by atoms with Crippen LogP contribution in [0.3, 0.4) is 0 Å². The first-order valence-electron chi connectivity index (χ1n) is 4.58. The van der Waals surface area contributed by atoms with Crippen molar-refractivity contribution in [3.8, 4) is 0 Å². The van der Waals surface area contributed by atoms with E-state index in [1.165, 1.54) is 6.92 Å². The third-order valence-electron chi connectivity index (χ3n) is 1.99. The van der Waals surface area contributed by atoms with Crippen LogP contribution in [0, 0.1) is 11.6 Å². The summed E-state index contributed by atoms with van der Waals surface area (Å²) in [4.78, 5) is -0.678. The number of aliphatic hydroxyl groups excluding tert-OH is 1. The zero-order valence-electron chi connectivity index (χ0n) is 8.87. The molecule has 1 aromatic rings. The van der Waals surface area contributed by atoms with Gasteiger partial charge in [0.15, 0.2) is 9.84 Å². The summed E-state index contributed by atoms with van der Waals surface area (Å²) in [5, 5.41) is 9.08. The lowest BCUT2D eigenvalue weighted by atomic mass is 10.1. The van der Waals surface area contributed by atoms with Gasteiger partial charge >= 0.3 is 0 Å². The molecule has 0 bridgehead atoms. The maximum absolute atomic E-state index is 13.7. The molecule has 0 amide bonds. The Bertz CT molecular complexity index is 495. The van der Waals surface area contributed by atoms with Crippen molar-refractivity contribution in [1.29, 1.82) is 0 Å². The van der Waals surface area contributed by atoms with E-state index in [9.17, 15) is 17.2 Å². The maximum atomic E-state index is 13.7. The molecule has 3 nitrogen and oxygen atoms in total. The molecule has 6 heteroatoms. The fraction of sp³-hybridized carbons (Fsp3) is 0.400. The normalized spacial score (nSPS) is 13.8. The predicted octanol–water partition coefficient (Wildman–Crippen LogP) is 1.29. The van der Waals surface area contributed by atoms with E-state index in [0.29, 0.717) is 6.07 Å². The first kappa shape index (κ1) is 13.1. The van der Waals surface area contributed by atoms with Crippen LogP contribution in [0.1, 0.15) is 12.5 Å². The molecule has 1 N–H and O–H groups in total. The van der Waals surface area contributed by atoms with Crippen molar-refractivity contribution >= 4 is 9.84 Å². The molecular formula is C10H12F2O3S. The Morgan fingerprint density at radius 3 is 2.38 bits per heavy atom. The highest BCUT2D eigenvalue weighted by molar-refractivity contribution is 7.90. The minimum absolute atomic E-state index is 0.133. The van der Waals surface area contributed by atoms with Crippen LogP contribution < -0.4 is 0 Å². The monoisotopic (exact) mass is 250 g/mol. The van der Waals surface area contributed by atoms with Gasteiger partial charge in [-0.05, 0) is 24.6 Å². The number of hydrogen-bond acceptors (Lipinski definition) is 3. The van der Waals surface area contributed by atoms with E-state index < -0.39 is 32.5 Å². The van der Waals surface area contributed by atoms with Crippen molar-refractivity contribution < 1.29 is 22.3 Å². The molecule has 0 aliphatic rings. The average molecular weight is 250 g/mol. The molecule has 0 heterocycles. The number of rotatable bonds is 3. The van der Waals surface area contributed by atoms with Gasteiger partial charge in [-0.1, -0.05) is 0 Å². The number of hydrogen-bond donors (Lipinski definition) is 1. The predicted molar refractivity (Wildman–Crippen MR) is 54.9 cm³/mol. The molecule has 0 radical (unpaired) electrons. The molecule has 0 aliphatic heterocycles. The van der Waals surface area contributed by atoms with Crippen molar-refractivity contribution in [1.82, 2.24) is 0 Å². The zero-order chi connectivity index (χ0) is 12.5. The van der Waals surface area contributed by atoms with Gasteiger partial charge in [-0.15, -0.1) is 0 Å². The lowest BCUT2D eigenvalue weighted by Crippen LogP contribution is -2.10. The van der Waals surface area contributed by atoms with Crippen molar-refractivity contribution in [3.63, 3.8) is 0 Å². The van der Waals surface area contributed by atoms with Gasteiger partial charge in [-0.3, -0.25) is 0 Å². The van der Waals surface area contributed by atoms with Crippen molar-refractivity contribution in [2.24, 2.45) is 0 Å². The van der Waals surface area contributed by atoms with Crippen LogP contribution in [0.5, 0.6) is 0 Å². The van der Waals surface area contributed by atoms with Gasteiger partial charge in [0.2, 0.25) is 0 Å². The smallest absolute Gasteiger partial charge is 0.178 e. The quantitative estimate of drug-likeness (QED) is 0.879. The summed E-state index contributed by atoms with van der Waals surface area (Å²) >= 11 is 0. The molecule has 0 saturated heterocycles. The van der Waals surface area contributed by atoms with Crippen LogP contribution in [0.2, 0.25) is 0 Å². The summed E-state index contributed by atoms with van der Waals surface area (Å²) in [6.07, 6.45) is -0.202. The second-order valence-electron chi connectivity index (χ2n) is 3.70. The Balaban J connectivity index is 3.38. The molecule has 0 fully saturated rings. The van der Waals surface area contributed by atoms with E-state index in [0.717, 1.165) is 12.3 Å². The summed E-state index contributed by atoms with van der Waals surface area (Å²) in [7, 11) is -3.81. The van der Waals surface area contributed by atoms with Gasteiger partial charge < -0.3 is 5.11 Å². The molecule has 0 aliphatic carbocycles. The summed E-state index contributed by atoms with van der Waals surface area (Å²) in [5.41, 5.74) is -0.143. The van der Waals surface area contributed by atoms with Crippen molar-refractivity contribution in [2.75, 3.05) is 6.26 Å². The Labute approximate surface area is 92.6 Å². The standard InChI is InChI=1S/C10H12F2O3S/c1-6(13)3-7-4-8(11)5-9(10(7)12)16(2,14)15/h4-6,13H,3H2,1-2H3. The minimum atomic E-state index is -3.81. The Morgan fingerprint density at radius 2 is 1.94 bits per heavy atom. The fourth-order valence-electron chi connectivity index (χ4n) is 1.35. The molecule has 1 aromatic carbocycles. The number of benzene rings is 1. The molecule has 0 aromatic heterocycles. The van der Waals surface area contributed by atoms with E-state index in [1.54, 1.807) is 0 Å². The van der Waals surface area contributed by atoms with Crippen LogP contribution in [-0.2, 0) is 16.3 Å². The Kier molecular flexibility index (Phi) is 3.64. The molecule has 16 heavy (non-hydrogen) atoms. The molecule has 0 spiro atoms. The topological polar surface area (TPSA) is 54.4 Å². The molecule has 0 saturated carbocycles. The first-order valence-corrected chi connectivity index (χ1v) is 6.47. The van der Waals surface area contributed by atoms with Gasteiger partial charge in [-0.2, -0.15) is 0 Å². The van der Waals surface area contributed by atoms with E-state index in [1.807, 2.05) is 0 Å². The SMILES string of the molecule is CC(O)Cc1cc(F)cc(S(C)(=O)=O)c1F. The molecular weight excluding hydrogens is 238 g/mol. The molecule has 1 unspecified atom stereocenters. The lowest BCUT2D eigenvalue weighted by molar-refractivity contribution is 0.193. The van der Waals surface area contributed by atoms with Crippen LogP contribution in [0.25, 0.3) is 0 Å². The third-order valence-corrected chi connectivity index (χ3v) is 3.09. The Hall–Kier alpha value is -1.01.